The fourth-order valence-electron chi connectivity index (χ4n) is 2.71. The van der Waals surface area contributed by atoms with Crippen LogP contribution in [0.15, 0.2) is 42.5 Å². The summed E-state index contributed by atoms with van der Waals surface area (Å²) < 4.78 is 5.54. The molecule has 8 nitrogen and oxygen atoms in total. The highest BCUT2D eigenvalue weighted by Gasteiger charge is 2.32. The summed E-state index contributed by atoms with van der Waals surface area (Å²) in [6, 6.07) is 11.2. The Labute approximate surface area is 149 Å². The van der Waals surface area contributed by atoms with Crippen LogP contribution in [-0.4, -0.2) is 29.4 Å². The summed E-state index contributed by atoms with van der Waals surface area (Å²) in [6.45, 7) is 3.14. The Morgan fingerprint density at radius 1 is 1.31 bits per heavy atom. The molecule has 134 valence electrons. The van der Waals surface area contributed by atoms with Crippen molar-refractivity contribution in [2.24, 2.45) is 0 Å². The van der Waals surface area contributed by atoms with Gasteiger partial charge in [-0.05, 0) is 31.5 Å². The SMILES string of the molecule is Cc1ccc([N+](=O)[O-])cc1NC(=O)CN1C(=O)C(C)Oc2ccccc21. The molecule has 0 saturated carbocycles. The normalized spacial score (nSPS) is 15.8. The number of nitro groups is 1. The number of hydrogen-bond donors (Lipinski definition) is 1. The minimum Gasteiger partial charge on any atom is -0.479 e. The van der Waals surface area contributed by atoms with Crippen molar-refractivity contribution in [2.45, 2.75) is 20.0 Å². The number of hydrogen-bond acceptors (Lipinski definition) is 5. The minimum atomic E-state index is -0.697. The van der Waals surface area contributed by atoms with E-state index in [9.17, 15) is 19.7 Å². The van der Waals surface area contributed by atoms with Crippen molar-refractivity contribution in [3.63, 3.8) is 0 Å². The van der Waals surface area contributed by atoms with Crippen molar-refractivity contribution in [2.75, 3.05) is 16.8 Å². The van der Waals surface area contributed by atoms with Gasteiger partial charge in [-0.25, -0.2) is 0 Å². The summed E-state index contributed by atoms with van der Waals surface area (Å²) in [4.78, 5) is 36.6. The van der Waals surface area contributed by atoms with Crippen LogP contribution in [0, 0.1) is 17.0 Å². The third-order valence-corrected chi connectivity index (χ3v) is 4.08. The number of benzene rings is 2. The number of rotatable bonds is 4. The average molecular weight is 355 g/mol. The Hall–Kier alpha value is -3.42. The summed E-state index contributed by atoms with van der Waals surface area (Å²) in [5, 5.41) is 13.6. The van der Waals surface area contributed by atoms with Gasteiger partial charge in [-0.2, -0.15) is 0 Å². The Morgan fingerprint density at radius 2 is 2.04 bits per heavy atom. The van der Waals surface area contributed by atoms with Crippen molar-refractivity contribution in [1.82, 2.24) is 0 Å². The lowest BCUT2D eigenvalue weighted by molar-refractivity contribution is -0.384. The van der Waals surface area contributed by atoms with Crippen molar-refractivity contribution < 1.29 is 19.2 Å². The van der Waals surface area contributed by atoms with Crippen molar-refractivity contribution in [3.8, 4) is 5.75 Å². The quantitative estimate of drug-likeness (QED) is 0.671. The number of para-hydroxylation sites is 2. The summed E-state index contributed by atoms with van der Waals surface area (Å²) in [6.07, 6.45) is -0.697. The molecule has 1 aliphatic rings. The zero-order valence-electron chi connectivity index (χ0n) is 14.3. The number of amides is 2. The second-order valence-corrected chi connectivity index (χ2v) is 5.96. The van der Waals surface area contributed by atoms with Gasteiger partial charge < -0.3 is 10.1 Å². The summed E-state index contributed by atoms with van der Waals surface area (Å²) in [5.41, 5.74) is 1.42. The Bertz CT molecular complexity index is 896. The molecule has 0 saturated heterocycles. The molecule has 2 aromatic carbocycles. The number of non-ortho nitro benzene ring substituents is 1. The Morgan fingerprint density at radius 3 is 2.77 bits per heavy atom. The number of ether oxygens (including phenoxy) is 1. The van der Waals surface area contributed by atoms with E-state index in [0.717, 1.165) is 0 Å². The van der Waals surface area contributed by atoms with E-state index in [-0.39, 0.29) is 18.1 Å². The summed E-state index contributed by atoms with van der Waals surface area (Å²) in [5.74, 6) is -0.251. The molecule has 0 radical (unpaired) electrons. The smallest absolute Gasteiger partial charge is 0.271 e. The molecule has 1 aliphatic heterocycles. The molecule has 2 aromatic rings. The van der Waals surface area contributed by atoms with Gasteiger partial charge in [-0.3, -0.25) is 24.6 Å². The maximum absolute atomic E-state index is 12.5. The van der Waals surface area contributed by atoms with Crippen molar-refractivity contribution >= 4 is 28.9 Å². The Kier molecular flexibility index (Phi) is 4.57. The highest BCUT2D eigenvalue weighted by molar-refractivity contribution is 6.06. The van der Waals surface area contributed by atoms with E-state index >= 15 is 0 Å². The van der Waals surface area contributed by atoms with Gasteiger partial charge in [0.05, 0.1) is 16.3 Å². The number of anilines is 2. The van der Waals surface area contributed by atoms with E-state index in [1.165, 1.54) is 17.0 Å². The number of carbonyl (C=O) groups excluding carboxylic acids is 2. The van der Waals surface area contributed by atoms with E-state index < -0.39 is 16.9 Å². The molecule has 1 unspecified atom stereocenters. The lowest BCUT2D eigenvalue weighted by Crippen LogP contribution is -2.47. The molecular weight excluding hydrogens is 338 g/mol. The van der Waals surface area contributed by atoms with E-state index in [1.54, 1.807) is 44.2 Å². The van der Waals surface area contributed by atoms with Crippen LogP contribution in [0.3, 0.4) is 0 Å². The topological polar surface area (TPSA) is 102 Å². The van der Waals surface area contributed by atoms with Gasteiger partial charge in [0.1, 0.15) is 12.3 Å². The van der Waals surface area contributed by atoms with Crippen LogP contribution < -0.4 is 15.0 Å². The number of nitro benzene ring substituents is 1. The first-order chi connectivity index (χ1) is 12.4. The number of fused-ring (bicyclic) bond motifs is 1. The standard InChI is InChI=1S/C18H17N3O5/c1-11-7-8-13(21(24)25)9-14(11)19-17(22)10-20-15-5-3-4-6-16(15)26-12(2)18(20)23/h3-9,12H,10H2,1-2H3,(H,19,22). The van der Waals surface area contributed by atoms with Gasteiger partial charge in [-0.1, -0.05) is 18.2 Å². The minimum absolute atomic E-state index is 0.118. The van der Waals surface area contributed by atoms with Crippen LogP contribution in [0.4, 0.5) is 17.1 Å². The molecule has 0 bridgehead atoms. The van der Waals surface area contributed by atoms with Crippen LogP contribution in [0.25, 0.3) is 0 Å². The highest BCUT2D eigenvalue weighted by atomic mass is 16.6. The van der Waals surface area contributed by atoms with E-state index in [4.69, 9.17) is 4.74 Å². The first-order valence-electron chi connectivity index (χ1n) is 7.99. The number of aryl methyl sites for hydroxylation is 1. The van der Waals surface area contributed by atoms with Gasteiger partial charge in [0.15, 0.2) is 6.10 Å². The fourth-order valence-corrected chi connectivity index (χ4v) is 2.71. The number of carbonyl (C=O) groups is 2. The van der Waals surface area contributed by atoms with Crippen LogP contribution in [-0.2, 0) is 9.59 Å². The molecule has 1 N–H and O–H groups in total. The van der Waals surface area contributed by atoms with E-state index in [0.29, 0.717) is 22.7 Å². The van der Waals surface area contributed by atoms with E-state index in [2.05, 4.69) is 5.32 Å². The predicted octanol–water partition coefficient (Wildman–Crippen LogP) is 2.66. The lowest BCUT2D eigenvalue weighted by atomic mass is 10.1. The molecule has 1 heterocycles. The van der Waals surface area contributed by atoms with Gasteiger partial charge in [0.2, 0.25) is 5.91 Å². The monoisotopic (exact) mass is 355 g/mol. The largest absolute Gasteiger partial charge is 0.479 e. The highest BCUT2D eigenvalue weighted by Crippen LogP contribution is 2.33. The molecular formula is C18H17N3O5. The predicted molar refractivity (Wildman–Crippen MR) is 95.3 cm³/mol. The Balaban J connectivity index is 1.81. The maximum atomic E-state index is 12.5. The molecule has 0 fully saturated rings. The van der Waals surface area contributed by atoms with Crippen LogP contribution >= 0.6 is 0 Å². The zero-order chi connectivity index (χ0) is 18.8. The second-order valence-electron chi connectivity index (χ2n) is 5.96. The van der Waals surface area contributed by atoms with Gasteiger partial charge in [0, 0.05) is 12.1 Å². The van der Waals surface area contributed by atoms with Crippen LogP contribution in [0.2, 0.25) is 0 Å². The van der Waals surface area contributed by atoms with Crippen LogP contribution in [0.1, 0.15) is 12.5 Å². The van der Waals surface area contributed by atoms with E-state index in [1.807, 2.05) is 0 Å². The average Bonchev–Trinajstić information content (AvgIpc) is 2.60. The molecule has 8 heteroatoms. The first-order valence-corrected chi connectivity index (χ1v) is 7.99. The summed E-state index contributed by atoms with van der Waals surface area (Å²) in [7, 11) is 0. The van der Waals surface area contributed by atoms with Gasteiger partial charge in [-0.15, -0.1) is 0 Å². The molecule has 26 heavy (non-hydrogen) atoms. The lowest BCUT2D eigenvalue weighted by Gasteiger charge is -2.32. The summed E-state index contributed by atoms with van der Waals surface area (Å²) >= 11 is 0. The molecule has 0 aliphatic carbocycles. The molecule has 1 atom stereocenters. The third-order valence-electron chi connectivity index (χ3n) is 4.08. The number of nitrogens with zero attached hydrogens (tertiary/aromatic N) is 2. The fraction of sp³-hybridized carbons (Fsp3) is 0.222. The first kappa shape index (κ1) is 17.4. The van der Waals surface area contributed by atoms with Gasteiger partial charge >= 0.3 is 0 Å². The molecule has 0 spiro atoms. The zero-order valence-corrected chi connectivity index (χ0v) is 14.3. The third kappa shape index (κ3) is 3.34. The van der Waals surface area contributed by atoms with Crippen molar-refractivity contribution in [1.29, 1.82) is 0 Å². The van der Waals surface area contributed by atoms with Crippen molar-refractivity contribution in [3.05, 3.63) is 58.1 Å². The second kappa shape index (κ2) is 6.83. The molecule has 3 rings (SSSR count). The number of nitrogens with one attached hydrogen (secondary N) is 1. The molecule has 2 amide bonds. The van der Waals surface area contributed by atoms with Gasteiger partial charge in [0.25, 0.3) is 11.6 Å². The van der Waals surface area contributed by atoms with Crippen LogP contribution in [0.5, 0.6) is 5.75 Å². The molecule has 0 aromatic heterocycles. The maximum Gasteiger partial charge on any atom is 0.271 e.